The maximum absolute atomic E-state index is 13.2. The predicted octanol–water partition coefficient (Wildman–Crippen LogP) is 2.44. The molecular formula is C20H23N3O7S. The number of nitrogens with zero attached hydrogens (tertiary/aromatic N) is 2. The SMILES string of the molecule is CCc1ccc(C(=O)Nc2cc([N+](=O)[O-])ccc2OC)cc1S(=O)(=O)N1CCOCC1. The van der Waals surface area contributed by atoms with Gasteiger partial charge in [-0.15, -0.1) is 0 Å². The van der Waals surface area contributed by atoms with Crippen molar-refractivity contribution in [1.82, 2.24) is 4.31 Å². The number of carbonyl (C=O) groups is 1. The Kier molecular flexibility index (Phi) is 6.88. The lowest BCUT2D eigenvalue weighted by Gasteiger charge is -2.27. The molecule has 10 nitrogen and oxygen atoms in total. The number of hydrogen-bond acceptors (Lipinski definition) is 7. The summed E-state index contributed by atoms with van der Waals surface area (Å²) in [7, 11) is -2.43. The summed E-state index contributed by atoms with van der Waals surface area (Å²) in [5.41, 5.74) is 0.598. The summed E-state index contributed by atoms with van der Waals surface area (Å²) < 4.78 is 38.1. The largest absolute Gasteiger partial charge is 0.495 e. The summed E-state index contributed by atoms with van der Waals surface area (Å²) in [5, 5.41) is 13.6. The van der Waals surface area contributed by atoms with Crippen LogP contribution in [-0.4, -0.2) is 57.0 Å². The van der Waals surface area contributed by atoms with Gasteiger partial charge in [0.2, 0.25) is 10.0 Å². The number of hydrogen-bond donors (Lipinski definition) is 1. The number of nitro groups is 1. The lowest BCUT2D eigenvalue weighted by atomic mass is 10.1. The number of nitro benzene ring substituents is 1. The molecule has 0 radical (unpaired) electrons. The molecule has 1 aliphatic rings. The summed E-state index contributed by atoms with van der Waals surface area (Å²) in [4.78, 5) is 23.4. The first-order valence-electron chi connectivity index (χ1n) is 9.62. The van der Waals surface area contributed by atoms with Crippen molar-refractivity contribution < 1.29 is 27.6 Å². The number of morpholine rings is 1. The molecule has 1 heterocycles. The Morgan fingerprint density at radius 3 is 2.55 bits per heavy atom. The molecule has 3 rings (SSSR count). The van der Waals surface area contributed by atoms with Crippen molar-refractivity contribution in [2.45, 2.75) is 18.2 Å². The third kappa shape index (κ3) is 4.84. The van der Waals surface area contributed by atoms with Crippen molar-refractivity contribution in [1.29, 1.82) is 0 Å². The van der Waals surface area contributed by atoms with Crippen LogP contribution in [0.5, 0.6) is 5.75 Å². The molecule has 2 aromatic rings. The maximum Gasteiger partial charge on any atom is 0.271 e. The Balaban J connectivity index is 1.95. The van der Waals surface area contributed by atoms with Crippen LogP contribution in [0, 0.1) is 10.1 Å². The number of aryl methyl sites for hydroxylation is 1. The molecule has 0 spiro atoms. The van der Waals surface area contributed by atoms with Crippen molar-refractivity contribution in [3.8, 4) is 5.75 Å². The van der Waals surface area contributed by atoms with Crippen LogP contribution in [0.25, 0.3) is 0 Å². The van der Waals surface area contributed by atoms with E-state index in [1.165, 1.54) is 41.7 Å². The van der Waals surface area contributed by atoms with E-state index in [2.05, 4.69) is 5.32 Å². The van der Waals surface area contributed by atoms with Crippen molar-refractivity contribution in [3.05, 3.63) is 57.6 Å². The van der Waals surface area contributed by atoms with Crippen LogP contribution in [0.3, 0.4) is 0 Å². The average molecular weight is 449 g/mol. The van der Waals surface area contributed by atoms with Crippen LogP contribution >= 0.6 is 0 Å². The Labute approximate surface area is 180 Å². The minimum Gasteiger partial charge on any atom is -0.495 e. The molecule has 0 atom stereocenters. The third-order valence-electron chi connectivity index (χ3n) is 4.94. The Morgan fingerprint density at radius 1 is 1.23 bits per heavy atom. The molecule has 0 aromatic heterocycles. The standard InChI is InChI=1S/C20H23N3O7S/c1-3-14-4-5-15(12-19(14)31(27,28)22-8-10-30-11-9-22)20(24)21-17-13-16(23(25)26)6-7-18(17)29-2/h4-7,12-13H,3,8-11H2,1-2H3,(H,21,24). The zero-order chi connectivity index (χ0) is 22.6. The first-order chi connectivity index (χ1) is 14.8. The number of benzene rings is 2. The highest BCUT2D eigenvalue weighted by atomic mass is 32.2. The maximum atomic E-state index is 13.2. The smallest absolute Gasteiger partial charge is 0.271 e. The van der Waals surface area contributed by atoms with Gasteiger partial charge >= 0.3 is 0 Å². The van der Waals surface area contributed by atoms with E-state index >= 15 is 0 Å². The number of methoxy groups -OCH3 is 1. The molecule has 1 aliphatic heterocycles. The summed E-state index contributed by atoms with van der Waals surface area (Å²) in [6.45, 7) is 2.95. The molecular weight excluding hydrogens is 426 g/mol. The van der Waals surface area contributed by atoms with Gasteiger partial charge in [-0.2, -0.15) is 4.31 Å². The highest BCUT2D eigenvalue weighted by molar-refractivity contribution is 7.89. The fourth-order valence-electron chi connectivity index (χ4n) is 3.26. The molecule has 0 aliphatic carbocycles. The summed E-state index contributed by atoms with van der Waals surface area (Å²) >= 11 is 0. The number of nitrogens with one attached hydrogen (secondary N) is 1. The van der Waals surface area contributed by atoms with Crippen molar-refractivity contribution >= 4 is 27.3 Å². The molecule has 11 heteroatoms. The van der Waals surface area contributed by atoms with Crippen LogP contribution in [0.15, 0.2) is 41.3 Å². The molecule has 166 valence electrons. The second-order valence-electron chi connectivity index (χ2n) is 6.79. The zero-order valence-electron chi connectivity index (χ0n) is 17.2. The van der Waals surface area contributed by atoms with Gasteiger partial charge in [0.1, 0.15) is 5.75 Å². The van der Waals surface area contributed by atoms with E-state index in [0.717, 1.165) is 0 Å². The van der Waals surface area contributed by atoms with Crippen LogP contribution in [0.1, 0.15) is 22.8 Å². The summed E-state index contributed by atoms with van der Waals surface area (Å²) in [6, 6.07) is 8.29. The predicted molar refractivity (Wildman–Crippen MR) is 113 cm³/mol. The van der Waals surface area contributed by atoms with E-state index in [1.807, 2.05) is 6.92 Å². The number of sulfonamides is 1. The van der Waals surface area contributed by atoms with Gasteiger partial charge in [-0.25, -0.2) is 8.42 Å². The average Bonchev–Trinajstić information content (AvgIpc) is 2.79. The molecule has 0 bridgehead atoms. The summed E-state index contributed by atoms with van der Waals surface area (Å²) in [5.74, 6) is -0.370. The quantitative estimate of drug-likeness (QED) is 0.508. The number of non-ortho nitro benzene ring substituents is 1. The van der Waals surface area contributed by atoms with Gasteiger partial charge in [0.15, 0.2) is 0 Å². The van der Waals surface area contributed by atoms with Crippen LogP contribution in [0.2, 0.25) is 0 Å². The highest BCUT2D eigenvalue weighted by Gasteiger charge is 2.29. The van der Waals surface area contributed by atoms with E-state index in [9.17, 15) is 23.3 Å². The van der Waals surface area contributed by atoms with Gasteiger partial charge in [0.05, 0.1) is 35.8 Å². The van der Waals surface area contributed by atoms with Crippen molar-refractivity contribution in [3.63, 3.8) is 0 Å². The number of ether oxygens (including phenoxy) is 2. The Morgan fingerprint density at radius 2 is 1.94 bits per heavy atom. The first-order valence-corrected chi connectivity index (χ1v) is 11.1. The molecule has 1 saturated heterocycles. The molecule has 1 N–H and O–H groups in total. The first kappa shape index (κ1) is 22.7. The normalized spacial score (nSPS) is 14.8. The molecule has 2 aromatic carbocycles. The van der Waals surface area contributed by atoms with Gasteiger partial charge in [-0.1, -0.05) is 13.0 Å². The number of amides is 1. The van der Waals surface area contributed by atoms with Gasteiger partial charge < -0.3 is 14.8 Å². The number of rotatable bonds is 7. The van der Waals surface area contributed by atoms with E-state index < -0.39 is 20.9 Å². The third-order valence-corrected chi connectivity index (χ3v) is 6.92. The summed E-state index contributed by atoms with van der Waals surface area (Å²) in [6.07, 6.45) is 0.472. The fraction of sp³-hybridized carbons (Fsp3) is 0.350. The monoisotopic (exact) mass is 449 g/mol. The van der Waals surface area contributed by atoms with E-state index in [-0.39, 0.29) is 40.7 Å². The molecule has 1 amide bonds. The fourth-order valence-corrected chi connectivity index (χ4v) is 4.98. The molecule has 0 unspecified atom stereocenters. The lowest BCUT2D eigenvalue weighted by molar-refractivity contribution is -0.384. The minimum absolute atomic E-state index is 0.0653. The highest BCUT2D eigenvalue weighted by Crippen LogP contribution is 2.30. The van der Waals surface area contributed by atoms with Crippen molar-refractivity contribution in [2.24, 2.45) is 0 Å². The van der Waals surface area contributed by atoms with Gasteiger partial charge in [0, 0.05) is 30.8 Å². The second-order valence-corrected chi connectivity index (χ2v) is 8.69. The Bertz CT molecular complexity index is 1100. The van der Waals surface area contributed by atoms with E-state index in [0.29, 0.717) is 25.2 Å². The van der Waals surface area contributed by atoms with Crippen LogP contribution < -0.4 is 10.1 Å². The molecule has 0 saturated carbocycles. The topological polar surface area (TPSA) is 128 Å². The van der Waals surface area contributed by atoms with Crippen LogP contribution in [-0.2, 0) is 21.2 Å². The molecule has 31 heavy (non-hydrogen) atoms. The van der Waals surface area contributed by atoms with Gasteiger partial charge in [0.25, 0.3) is 11.6 Å². The number of carbonyl (C=O) groups excluding carboxylic acids is 1. The van der Waals surface area contributed by atoms with Crippen molar-refractivity contribution in [2.75, 3.05) is 38.7 Å². The van der Waals surface area contributed by atoms with Gasteiger partial charge in [-0.3, -0.25) is 14.9 Å². The van der Waals surface area contributed by atoms with E-state index in [1.54, 1.807) is 6.07 Å². The second kappa shape index (κ2) is 9.41. The zero-order valence-corrected chi connectivity index (χ0v) is 18.0. The number of anilines is 1. The van der Waals surface area contributed by atoms with E-state index in [4.69, 9.17) is 9.47 Å². The Hall–Kier alpha value is -3.02. The van der Waals surface area contributed by atoms with Gasteiger partial charge in [-0.05, 0) is 30.2 Å². The minimum atomic E-state index is -3.81. The lowest BCUT2D eigenvalue weighted by Crippen LogP contribution is -2.41. The molecule has 1 fully saturated rings. The van der Waals surface area contributed by atoms with Crippen LogP contribution in [0.4, 0.5) is 11.4 Å².